The summed E-state index contributed by atoms with van der Waals surface area (Å²) in [6, 6.07) is 8.29. The van der Waals surface area contributed by atoms with Crippen molar-refractivity contribution in [2.24, 2.45) is 17.8 Å². The van der Waals surface area contributed by atoms with Gasteiger partial charge in [0.2, 0.25) is 11.8 Å². The van der Waals surface area contributed by atoms with Crippen molar-refractivity contribution in [2.75, 3.05) is 45.9 Å². The smallest absolute Gasteiger partial charge is 0.227 e. The van der Waals surface area contributed by atoms with Crippen molar-refractivity contribution < 1.29 is 14.3 Å². The Morgan fingerprint density at radius 3 is 2.20 bits per heavy atom. The van der Waals surface area contributed by atoms with Crippen molar-refractivity contribution in [2.45, 2.75) is 110 Å². The SMILES string of the molecule is C=C([C@@H]1C[C@H](N(C(=O)C(C)C)C2CCC(C)CC2)CN1C(=O)[C@H]1C[C@H](c2ccc(Cl)cc2)CN(C(C)(C)C)C1)N1CCOCC1. The van der Waals surface area contributed by atoms with Crippen LogP contribution in [0.15, 0.2) is 36.5 Å². The lowest BCUT2D eigenvalue weighted by molar-refractivity contribution is -0.143. The van der Waals surface area contributed by atoms with Crippen molar-refractivity contribution in [3.05, 3.63) is 47.1 Å². The lowest BCUT2D eigenvalue weighted by atomic mass is 9.82. The number of benzene rings is 1. The Labute approximate surface area is 277 Å². The van der Waals surface area contributed by atoms with Gasteiger partial charge >= 0.3 is 0 Å². The van der Waals surface area contributed by atoms with E-state index in [1.165, 1.54) is 5.56 Å². The first-order valence-electron chi connectivity index (χ1n) is 17.5. The van der Waals surface area contributed by atoms with Crippen LogP contribution in [0.4, 0.5) is 0 Å². The monoisotopic (exact) mass is 640 g/mol. The predicted molar refractivity (Wildman–Crippen MR) is 182 cm³/mol. The number of hydrogen-bond acceptors (Lipinski definition) is 5. The first kappa shape index (κ1) is 34.3. The number of morpholine rings is 1. The zero-order valence-electron chi connectivity index (χ0n) is 28.6. The molecule has 1 saturated carbocycles. The third kappa shape index (κ3) is 7.90. The van der Waals surface area contributed by atoms with E-state index >= 15 is 0 Å². The molecule has 7 nitrogen and oxygen atoms in total. The van der Waals surface area contributed by atoms with Crippen molar-refractivity contribution in [3.63, 3.8) is 0 Å². The van der Waals surface area contributed by atoms with E-state index in [4.69, 9.17) is 16.3 Å². The van der Waals surface area contributed by atoms with E-state index in [1.807, 2.05) is 26.0 Å². The number of nitrogens with zero attached hydrogens (tertiary/aromatic N) is 4. The van der Waals surface area contributed by atoms with Crippen LogP contribution in [0.2, 0.25) is 5.02 Å². The van der Waals surface area contributed by atoms with Gasteiger partial charge in [-0.15, -0.1) is 0 Å². The van der Waals surface area contributed by atoms with E-state index in [0.717, 1.165) is 75.4 Å². The maximum absolute atomic E-state index is 14.9. The van der Waals surface area contributed by atoms with Crippen LogP contribution in [0.3, 0.4) is 0 Å². The van der Waals surface area contributed by atoms with Gasteiger partial charge < -0.3 is 19.4 Å². The normalized spacial score (nSPS) is 30.0. The summed E-state index contributed by atoms with van der Waals surface area (Å²) in [5.41, 5.74) is 2.17. The van der Waals surface area contributed by atoms with E-state index in [0.29, 0.717) is 25.7 Å². The molecule has 5 rings (SSSR count). The molecular weight excluding hydrogens is 584 g/mol. The lowest BCUT2D eigenvalue weighted by Gasteiger charge is -2.46. The molecule has 4 aliphatic rings. The maximum Gasteiger partial charge on any atom is 0.227 e. The molecule has 4 atom stereocenters. The van der Waals surface area contributed by atoms with E-state index in [-0.39, 0.29) is 53.2 Å². The Hall–Kier alpha value is -2.09. The minimum absolute atomic E-state index is 0.000538. The van der Waals surface area contributed by atoms with Gasteiger partial charge in [0, 0.05) is 60.9 Å². The molecule has 3 aliphatic heterocycles. The van der Waals surface area contributed by atoms with Crippen LogP contribution in [0.1, 0.15) is 91.5 Å². The largest absolute Gasteiger partial charge is 0.378 e. The van der Waals surface area contributed by atoms with E-state index in [1.54, 1.807) is 0 Å². The molecule has 3 heterocycles. The maximum atomic E-state index is 14.9. The third-order valence-electron chi connectivity index (χ3n) is 11.0. The second-order valence-corrected chi connectivity index (χ2v) is 16.0. The van der Waals surface area contributed by atoms with Crippen LogP contribution in [0.5, 0.6) is 0 Å². The quantitative estimate of drug-likeness (QED) is 0.344. The summed E-state index contributed by atoms with van der Waals surface area (Å²) in [5, 5.41) is 0.732. The number of halogens is 1. The Morgan fingerprint density at radius 2 is 1.60 bits per heavy atom. The second-order valence-electron chi connectivity index (χ2n) is 15.6. The Bertz CT molecular complexity index is 1180. The molecule has 0 aromatic heterocycles. The standard InChI is InChI=1S/C37H57ClN4O3/c1-25(2)35(43)42(32-14-8-26(3)9-15-32)33-21-34(27(4)39-16-18-45-19-17-39)41(24-33)36(44)30-20-29(22-40(23-30)37(5,6)7)28-10-12-31(38)13-11-28/h10-13,25-26,29-30,32-34H,4,8-9,14-24H2,1-3,5-7H3/t26?,29-,30-,32?,33-,34-/m0/s1. The fraction of sp³-hybridized carbons (Fsp3) is 0.730. The van der Waals surface area contributed by atoms with Crippen LogP contribution < -0.4 is 0 Å². The number of piperidine rings is 1. The van der Waals surface area contributed by atoms with Gasteiger partial charge in [0.25, 0.3) is 0 Å². The van der Waals surface area contributed by atoms with Gasteiger partial charge in [-0.3, -0.25) is 14.5 Å². The number of carbonyl (C=O) groups excluding carboxylic acids is 2. The molecule has 2 amide bonds. The van der Waals surface area contributed by atoms with E-state index in [2.05, 4.69) is 66.0 Å². The molecule has 0 unspecified atom stereocenters. The number of likely N-dealkylation sites (tertiary alicyclic amines) is 2. The van der Waals surface area contributed by atoms with Gasteiger partial charge in [-0.05, 0) is 88.8 Å². The van der Waals surface area contributed by atoms with Crippen molar-refractivity contribution in [1.82, 2.24) is 19.6 Å². The first-order chi connectivity index (χ1) is 21.3. The highest BCUT2D eigenvalue weighted by molar-refractivity contribution is 6.30. The summed E-state index contributed by atoms with van der Waals surface area (Å²) in [4.78, 5) is 37.9. The fourth-order valence-corrected chi connectivity index (χ4v) is 8.28. The zero-order chi connectivity index (χ0) is 32.5. The highest BCUT2D eigenvalue weighted by Crippen LogP contribution is 2.39. The van der Waals surface area contributed by atoms with Crippen LogP contribution in [-0.4, -0.2) is 101 Å². The van der Waals surface area contributed by atoms with E-state index < -0.39 is 0 Å². The number of amides is 2. The summed E-state index contributed by atoms with van der Waals surface area (Å²) >= 11 is 6.25. The first-order valence-corrected chi connectivity index (χ1v) is 17.9. The van der Waals surface area contributed by atoms with Crippen molar-refractivity contribution in [3.8, 4) is 0 Å². The Morgan fingerprint density at radius 1 is 0.956 bits per heavy atom. The van der Waals surface area contributed by atoms with Gasteiger partial charge in [0.15, 0.2) is 0 Å². The summed E-state index contributed by atoms with van der Waals surface area (Å²) in [7, 11) is 0. The summed E-state index contributed by atoms with van der Waals surface area (Å²) in [6.07, 6.45) is 5.96. The van der Waals surface area contributed by atoms with Crippen molar-refractivity contribution >= 4 is 23.4 Å². The molecule has 0 N–H and O–H groups in total. The molecule has 1 aromatic rings. The summed E-state index contributed by atoms with van der Waals surface area (Å²) < 4.78 is 5.66. The zero-order valence-corrected chi connectivity index (χ0v) is 29.4. The van der Waals surface area contributed by atoms with Gasteiger partial charge in [-0.2, -0.15) is 0 Å². The average Bonchev–Trinajstić information content (AvgIpc) is 3.46. The van der Waals surface area contributed by atoms with E-state index in [9.17, 15) is 9.59 Å². The molecule has 45 heavy (non-hydrogen) atoms. The molecule has 3 saturated heterocycles. The lowest BCUT2D eigenvalue weighted by Crippen LogP contribution is -2.55. The van der Waals surface area contributed by atoms with Gasteiger partial charge in [0.05, 0.1) is 31.2 Å². The Balaban J connectivity index is 1.45. The highest BCUT2D eigenvalue weighted by atomic mass is 35.5. The molecule has 0 bridgehead atoms. The molecular formula is C37H57ClN4O3. The average molecular weight is 641 g/mol. The molecule has 0 spiro atoms. The van der Waals surface area contributed by atoms with Crippen LogP contribution in [0, 0.1) is 17.8 Å². The minimum atomic E-state index is -0.137. The number of rotatable bonds is 7. The number of carbonyl (C=O) groups is 2. The molecule has 4 fully saturated rings. The molecule has 0 radical (unpaired) electrons. The van der Waals surface area contributed by atoms with Crippen LogP contribution in [-0.2, 0) is 14.3 Å². The highest BCUT2D eigenvalue weighted by Gasteiger charge is 2.47. The molecule has 1 aromatic carbocycles. The predicted octanol–water partition coefficient (Wildman–Crippen LogP) is 6.42. The minimum Gasteiger partial charge on any atom is -0.378 e. The van der Waals surface area contributed by atoms with Gasteiger partial charge in [-0.1, -0.05) is 51.1 Å². The second kappa shape index (κ2) is 14.4. The topological polar surface area (TPSA) is 56.3 Å². The third-order valence-corrected chi connectivity index (χ3v) is 11.2. The Kier molecular flexibility index (Phi) is 10.9. The summed E-state index contributed by atoms with van der Waals surface area (Å²) in [5.74, 6) is 1.17. The van der Waals surface area contributed by atoms with Crippen LogP contribution in [0.25, 0.3) is 0 Å². The number of hydrogen-bond donors (Lipinski definition) is 0. The molecule has 8 heteroatoms. The van der Waals surface area contributed by atoms with Crippen molar-refractivity contribution in [1.29, 1.82) is 0 Å². The molecule has 250 valence electrons. The fourth-order valence-electron chi connectivity index (χ4n) is 8.15. The summed E-state index contributed by atoms with van der Waals surface area (Å²) in [6.45, 7) is 22.9. The van der Waals surface area contributed by atoms with Crippen LogP contribution >= 0.6 is 11.6 Å². The molecule has 1 aliphatic carbocycles. The van der Waals surface area contributed by atoms with Gasteiger partial charge in [0.1, 0.15) is 0 Å². The van der Waals surface area contributed by atoms with Gasteiger partial charge in [-0.25, -0.2) is 0 Å². The number of ether oxygens (including phenoxy) is 1.